The second-order valence-electron chi connectivity index (χ2n) is 4.42. The van der Waals surface area contributed by atoms with Crippen LogP contribution in [-0.2, 0) is 6.54 Å². The molecule has 0 amide bonds. The fourth-order valence-electron chi connectivity index (χ4n) is 2.00. The van der Waals surface area contributed by atoms with E-state index in [0.29, 0.717) is 12.5 Å². The van der Waals surface area contributed by atoms with Crippen LogP contribution in [0.1, 0.15) is 31.2 Å². The van der Waals surface area contributed by atoms with Crippen molar-refractivity contribution in [1.82, 2.24) is 14.6 Å². The van der Waals surface area contributed by atoms with E-state index in [4.69, 9.17) is 5.73 Å². The highest BCUT2D eigenvalue weighted by atomic mass is 32.1. The van der Waals surface area contributed by atoms with Crippen LogP contribution in [0.4, 0.5) is 0 Å². The van der Waals surface area contributed by atoms with Gasteiger partial charge >= 0.3 is 0 Å². The van der Waals surface area contributed by atoms with E-state index in [1.54, 1.807) is 11.3 Å². The average Bonchev–Trinajstić information content (AvgIpc) is 2.85. The number of aromatic nitrogens is 3. The van der Waals surface area contributed by atoms with E-state index in [9.17, 15) is 0 Å². The molecule has 0 saturated carbocycles. The quantitative estimate of drug-likeness (QED) is 0.756. The van der Waals surface area contributed by atoms with Crippen molar-refractivity contribution < 1.29 is 0 Å². The molecule has 1 aromatic carbocycles. The summed E-state index contributed by atoms with van der Waals surface area (Å²) in [4.78, 5) is 0.918. The zero-order valence-electron chi connectivity index (χ0n) is 9.84. The number of nitrogens with two attached hydrogens (primary N) is 1. The Bertz CT molecular complexity index is 680. The molecule has 17 heavy (non-hydrogen) atoms. The van der Waals surface area contributed by atoms with Crippen LogP contribution in [0.25, 0.3) is 15.2 Å². The van der Waals surface area contributed by atoms with Gasteiger partial charge in [0, 0.05) is 0 Å². The van der Waals surface area contributed by atoms with Gasteiger partial charge in [0.25, 0.3) is 0 Å². The molecule has 2 N–H and O–H groups in total. The van der Waals surface area contributed by atoms with Gasteiger partial charge in [-0.3, -0.25) is 4.40 Å². The minimum atomic E-state index is 0.416. The van der Waals surface area contributed by atoms with Crippen molar-refractivity contribution in [3.63, 3.8) is 0 Å². The third-order valence-electron chi connectivity index (χ3n) is 2.98. The first-order valence-corrected chi connectivity index (χ1v) is 6.49. The third-order valence-corrected chi connectivity index (χ3v) is 3.97. The van der Waals surface area contributed by atoms with Gasteiger partial charge in [-0.1, -0.05) is 31.3 Å². The third kappa shape index (κ3) is 1.54. The predicted molar refractivity (Wildman–Crippen MR) is 70.4 cm³/mol. The van der Waals surface area contributed by atoms with Gasteiger partial charge in [-0.05, 0) is 23.6 Å². The van der Waals surface area contributed by atoms with Crippen molar-refractivity contribution in [2.75, 3.05) is 0 Å². The first kappa shape index (κ1) is 10.7. The Hall–Kier alpha value is -1.46. The van der Waals surface area contributed by atoms with Crippen molar-refractivity contribution in [1.29, 1.82) is 0 Å². The lowest BCUT2D eigenvalue weighted by molar-refractivity contribution is 0.868. The number of rotatable bonds is 2. The van der Waals surface area contributed by atoms with Gasteiger partial charge in [-0.25, -0.2) is 0 Å². The second-order valence-corrected chi connectivity index (χ2v) is 5.43. The SMILES string of the molecule is CC(C)c1ccc2c(c1)sc1nnc(CN)n12. The molecule has 0 saturated heterocycles. The topological polar surface area (TPSA) is 56.2 Å². The van der Waals surface area contributed by atoms with Crippen LogP contribution in [0.15, 0.2) is 18.2 Å². The molecular formula is C12H14N4S. The highest BCUT2D eigenvalue weighted by Crippen LogP contribution is 2.29. The van der Waals surface area contributed by atoms with E-state index in [2.05, 4.69) is 42.2 Å². The van der Waals surface area contributed by atoms with E-state index in [-0.39, 0.29) is 0 Å². The van der Waals surface area contributed by atoms with Crippen LogP contribution in [0.5, 0.6) is 0 Å². The molecule has 0 spiro atoms. The molecule has 2 heterocycles. The number of thiazole rings is 1. The number of hydrogen-bond acceptors (Lipinski definition) is 4. The van der Waals surface area contributed by atoms with Crippen LogP contribution < -0.4 is 5.73 Å². The minimum absolute atomic E-state index is 0.416. The molecule has 0 bridgehead atoms. The molecule has 4 nitrogen and oxygen atoms in total. The summed E-state index contributed by atoms with van der Waals surface area (Å²) in [6, 6.07) is 6.54. The monoisotopic (exact) mass is 246 g/mol. The van der Waals surface area contributed by atoms with Crippen molar-refractivity contribution in [2.45, 2.75) is 26.3 Å². The molecule has 0 atom stereocenters. The maximum Gasteiger partial charge on any atom is 0.217 e. The van der Waals surface area contributed by atoms with Gasteiger partial charge in [0.15, 0.2) is 5.82 Å². The van der Waals surface area contributed by atoms with Gasteiger partial charge in [-0.15, -0.1) is 10.2 Å². The molecule has 5 heteroatoms. The van der Waals surface area contributed by atoms with E-state index >= 15 is 0 Å². The molecule has 0 aliphatic carbocycles. The van der Waals surface area contributed by atoms with Gasteiger partial charge in [0.05, 0.1) is 16.8 Å². The normalized spacial score (nSPS) is 12.0. The first-order chi connectivity index (χ1) is 8.20. The Balaban J connectivity index is 2.33. The molecule has 3 rings (SSSR count). The number of nitrogens with zero attached hydrogens (tertiary/aromatic N) is 3. The summed E-state index contributed by atoms with van der Waals surface area (Å²) in [5.74, 6) is 1.37. The molecule has 0 radical (unpaired) electrons. The molecule has 0 aliphatic heterocycles. The van der Waals surface area contributed by atoms with Crippen molar-refractivity contribution in [3.8, 4) is 0 Å². The van der Waals surface area contributed by atoms with Crippen molar-refractivity contribution in [3.05, 3.63) is 29.6 Å². The summed E-state index contributed by atoms with van der Waals surface area (Å²) in [6.07, 6.45) is 0. The first-order valence-electron chi connectivity index (χ1n) is 5.67. The zero-order chi connectivity index (χ0) is 12.0. The summed E-state index contributed by atoms with van der Waals surface area (Å²) < 4.78 is 3.29. The Morgan fingerprint density at radius 2 is 2.18 bits per heavy atom. The maximum absolute atomic E-state index is 5.67. The molecule has 0 aliphatic rings. The molecule has 88 valence electrons. The molecule has 3 aromatic rings. The Morgan fingerprint density at radius 1 is 1.35 bits per heavy atom. The number of benzene rings is 1. The lowest BCUT2D eigenvalue weighted by atomic mass is 10.0. The Kier molecular flexibility index (Phi) is 2.38. The van der Waals surface area contributed by atoms with E-state index in [0.717, 1.165) is 16.3 Å². The highest BCUT2D eigenvalue weighted by Gasteiger charge is 2.12. The fourth-order valence-corrected chi connectivity index (χ4v) is 3.03. The lowest BCUT2D eigenvalue weighted by Crippen LogP contribution is -2.01. The second kappa shape index (κ2) is 3.78. The number of hydrogen-bond donors (Lipinski definition) is 1. The average molecular weight is 246 g/mol. The fraction of sp³-hybridized carbons (Fsp3) is 0.333. The van der Waals surface area contributed by atoms with Crippen LogP contribution in [-0.4, -0.2) is 14.6 Å². The summed E-state index contributed by atoms with van der Waals surface area (Å²) in [5.41, 5.74) is 8.17. The number of fused-ring (bicyclic) bond motifs is 3. The highest BCUT2D eigenvalue weighted by molar-refractivity contribution is 7.23. The van der Waals surface area contributed by atoms with Gasteiger partial charge in [0.1, 0.15) is 0 Å². The molecule has 2 aromatic heterocycles. The zero-order valence-corrected chi connectivity index (χ0v) is 10.7. The molecule has 0 unspecified atom stereocenters. The van der Waals surface area contributed by atoms with E-state index in [1.807, 2.05) is 4.40 Å². The van der Waals surface area contributed by atoms with Crippen LogP contribution in [0.3, 0.4) is 0 Å². The van der Waals surface area contributed by atoms with Crippen LogP contribution in [0, 0.1) is 0 Å². The van der Waals surface area contributed by atoms with Crippen molar-refractivity contribution >= 4 is 26.5 Å². The minimum Gasteiger partial charge on any atom is -0.324 e. The largest absolute Gasteiger partial charge is 0.324 e. The Labute approximate surface area is 103 Å². The standard InChI is InChI=1S/C12H14N4S/c1-7(2)8-3-4-9-10(5-8)17-12-15-14-11(6-13)16(9)12/h3-5,7H,6,13H2,1-2H3. The van der Waals surface area contributed by atoms with Gasteiger partial charge < -0.3 is 5.73 Å². The van der Waals surface area contributed by atoms with Crippen LogP contribution >= 0.6 is 11.3 Å². The Morgan fingerprint density at radius 3 is 2.88 bits per heavy atom. The van der Waals surface area contributed by atoms with Crippen molar-refractivity contribution in [2.24, 2.45) is 5.73 Å². The lowest BCUT2D eigenvalue weighted by Gasteiger charge is -2.04. The summed E-state index contributed by atoms with van der Waals surface area (Å²) in [5, 5.41) is 8.23. The molecular weight excluding hydrogens is 232 g/mol. The van der Waals surface area contributed by atoms with E-state index in [1.165, 1.54) is 10.3 Å². The summed E-state index contributed by atoms with van der Waals surface area (Å²) >= 11 is 1.66. The summed E-state index contributed by atoms with van der Waals surface area (Å²) in [6.45, 7) is 4.82. The van der Waals surface area contributed by atoms with Gasteiger partial charge in [0.2, 0.25) is 4.96 Å². The maximum atomic E-state index is 5.67. The smallest absolute Gasteiger partial charge is 0.217 e. The van der Waals surface area contributed by atoms with Crippen LogP contribution in [0.2, 0.25) is 0 Å². The van der Waals surface area contributed by atoms with Gasteiger partial charge in [-0.2, -0.15) is 0 Å². The predicted octanol–water partition coefficient (Wildman–Crippen LogP) is 2.53. The van der Waals surface area contributed by atoms with E-state index < -0.39 is 0 Å². The molecule has 0 fully saturated rings. The summed E-state index contributed by atoms with van der Waals surface area (Å²) in [7, 11) is 0.